The molecule has 1 amide bonds. The van der Waals surface area contributed by atoms with Crippen molar-refractivity contribution in [2.75, 3.05) is 6.54 Å². The molecule has 0 saturated heterocycles. The van der Waals surface area contributed by atoms with Crippen LogP contribution in [0.25, 0.3) is 0 Å². The molecule has 3 N–H and O–H groups in total. The second-order valence-electron chi connectivity index (χ2n) is 2.58. The van der Waals surface area contributed by atoms with Gasteiger partial charge in [0.05, 0.1) is 6.54 Å². The molecule has 1 heterocycles. The average molecular weight is 244 g/mol. The number of primary amides is 1. The van der Waals surface area contributed by atoms with Gasteiger partial charge in [-0.25, -0.2) is 0 Å². The molecule has 0 fully saturated rings. The number of nitrogens with one attached hydrogen (secondary N) is 1. The molecule has 0 radical (unpaired) electrons. The first-order chi connectivity index (χ1) is 6.18. The standard InChI is InChI=1S/C8H10BrN3O/c9-7-1-6(2-11-4-7)3-12-5-8(10)13/h1-2,4,12H,3,5H2,(H2,10,13). The maximum Gasteiger partial charge on any atom is 0.231 e. The molecule has 1 aromatic heterocycles. The second-order valence-corrected chi connectivity index (χ2v) is 3.50. The van der Waals surface area contributed by atoms with Crippen molar-refractivity contribution < 1.29 is 4.79 Å². The lowest BCUT2D eigenvalue weighted by molar-refractivity contribution is -0.117. The number of halogens is 1. The average Bonchev–Trinajstić information content (AvgIpc) is 2.03. The van der Waals surface area contributed by atoms with Crippen LogP contribution >= 0.6 is 15.9 Å². The van der Waals surface area contributed by atoms with Gasteiger partial charge >= 0.3 is 0 Å². The van der Waals surface area contributed by atoms with Gasteiger partial charge in [-0.05, 0) is 27.6 Å². The van der Waals surface area contributed by atoms with Crippen LogP contribution in [0.5, 0.6) is 0 Å². The van der Waals surface area contributed by atoms with Crippen molar-refractivity contribution in [1.82, 2.24) is 10.3 Å². The molecule has 13 heavy (non-hydrogen) atoms. The van der Waals surface area contributed by atoms with Gasteiger partial charge < -0.3 is 11.1 Å². The maximum atomic E-state index is 10.4. The highest BCUT2D eigenvalue weighted by atomic mass is 79.9. The lowest BCUT2D eigenvalue weighted by atomic mass is 10.3. The van der Waals surface area contributed by atoms with Crippen LogP contribution in [0.3, 0.4) is 0 Å². The molecule has 0 aliphatic rings. The number of rotatable bonds is 4. The third-order valence-electron chi connectivity index (χ3n) is 1.39. The van der Waals surface area contributed by atoms with Gasteiger partial charge in [0.25, 0.3) is 0 Å². The highest BCUT2D eigenvalue weighted by molar-refractivity contribution is 9.10. The number of amides is 1. The van der Waals surface area contributed by atoms with Gasteiger partial charge in [0.2, 0.25) is 5.91 Å². The molecule has 4 nitrogen and oxygen atoms in total. The molecule has 1 aromatic rings. The Morgan fingerprint density at radius 2 is 2.38 bits per heavy atom. The minimum Gasteiger partial charge on any atom is -0.369 e. The Balaban J connectivity index is 2.41. The molecule has 0 aliphatic heterocycles. The lowest BCUT2D eigenvalue weighted by Gasteiger charge is -2.01. The van der Waals surface area contributed by atoms with E-state index in [9.17, 15) is 4.79 Å². The van der Waals surface area contributed by atoms with E-state index in [1.807, 2.05) is 6.07 Å². The van der Waals surface area contributed by atoms with Crippen LogP contribution in [0, 0.1) is 0 Å². The Labute approximate surface area is 84.7 Å². The first-order valence-corrected chi connectivity index (χ1v) is 4.56. The zero-order valence-corrected chi connectivity index (χ0v) is 8.54. The summed E-state index contributed by atoms with van der Waals surface area (Å²) >= 11 is 3.30. The molecule has 0 bridgehead atoms. The molecular weight excluding hydrogens is 234 g/mol. The van der Waals surface area contributed by atoms with Crippen molar-refractivity contribution in [3.05, 3.63) is 28.5 Å². The van der Waals surface area contributed by atoms with Crippen LogP contribution < -0.4 is 11.1 Å². The van der Waals surface area contributed by atoms with Crippen molar-refractivity contribution in [3.8, 4) is 0 Å². The number of pyridine rings is 1. The number of aromatic nitrogens is 1. The van der Waals surface area contributed by atoms with Crippen LogP contribution in [-0.4, -0.2) is 17.4 Å². The maximum absolute atomic E-state index is 10.4. The first-order valence-electron chi connectivity index (χ1n) is 3.77. The van der Waals surface area contributed by atoms with E-state index in [0.717, 1.165) is 10.0 Å². The van der Waals surface area contributed by atoms with E-state index in [1.165, 1.54) is 0 Å². The van der Waals surface area contributed by atoms with Gasteiger partial charge in [-0.3, -0.25) is 9.78 Å². The fraction of sp³-hybridized carbons (Fsp3) is 0.250. The number of carbonyl (C=O) groups is 1. The topological polar surface area (TPSA) is 68.0 Å². The third kappa shape index (κ3) is 4.00. The summed E-state index contributed by atoms with van der Waals surface area (Å²) in [5.74, 6) is -0.358. The monoisotopic (exact) mass is 243 g/mol. The molecule has 5 heteroatoms. The zero-order chi connectivity index (χ0) is 9.68. The van der Waals surface area contributed by atoms with Gasteiger partial charge in [-0.1, -0.05) is 0 Å². The number of nitrogens with two attached hydrogens (primary N) is 1. The number of nitrogens with zero attached hydrogens (tertiary/aromatic N) is 1. The van der Waals surface area contributed by atoms with Gasteiger partial charge in [0, 0.05) is 23.4 Å². The van der Waals surface area contributed by atoms with Crippen LogP contribution in [0.2, 0.25) is 0 Å². The lowest BCUT2D eigenvalue weighted by Crippen LogP contribution is -2.28. The van der Waals surface area contributed by atoms with Gasteiger partial charge in [-0.2, -0.15) is 0 Å². The summed E-state index contributed by atoms with van der Waals surface area (Å²) in [7, 11) is 0. The van der Waals surface area contributed by atoms with E-state index < -0.39 is 0 Å². The third-order valence-corrected chi connectivity index (χ3v) is 1.82. The van der Waals surface area contributed by atoms with E-state index in [-0.39, 0.29) is 12.5 Å². The molecule has 0 unspecified atom stereocenters. The minimum absolute atomic E-state index is 0.187. The minimum atomic E-state index is -0.358. The molecule has 0 aromatic carbocycles. The fourth-order valence-corrected chi connectivity index (χ4v) is 1.29. The van der Waals surface area contributed by atoms with Crippen molar-refractivity contribution in [3.63, 3.8) is 0 Å². The normalized spacial score (nSPS) is 9.92. The van der Waals surface area contributed by atoms with Crippen LogP contribution in [-0.2, 0) is 11.3 Å². The summed E-state index contributed by atoms with van der Waals surface area (Å²) in [6.07, 6.45) is 3.44. The molecule has 0 saturated carbocycles. The van der Waals surface area contributed by atoms with Crippen molar-refractivity contribution in [1.29, 1.82) is 0 Å². The zero-order valence-electron chi connectivity index (χ0n) is 6.96. The predicted octanol–water partition coefficient (Wildman–Crippen LogP) is 0.419. The fourth-order valence-electron chi connectivity index (χ4n) is 0.883. The quantitative estimate of drug-likeness (QED) is 0.806. The van der Waals surface area contributed by atoms with E-state index in [2.05, 4.69) is 26.2 Å². The molecule has 70 valence electrons. The Hall–Kier alpha value is -0.940. The Bertz CT molecular complexity index is 303. The summed E-state index contributed by atoms with van der Waals surface area (Å²) in [6, 6.07) is 1.93. The molecular formula is C8H10BrN3O. The Kier molecular flexibility index (Phi) is 3.85. The molecule has 0 aliphatic carbocycles. The smallest absolute Gasteiger partial charge is 0.231 e. The molecule has 0 atom stereocenters. The highest BCUT2D eigenvalue weighted by Gasteiger charge is 1.96. The van der Waals surface area contributed by atoms with Gasteiger partial charge in [0.1, 0.15) is 0 Å². The summed E-state index contributed by atoms with van der Waals surface area (Å²) < 4.78 is 0.922. The van der Waals surface area contributed by atoms with E-state index in [1.54, 1.807) is 12.4 Å². The van der Waals surface area contributed by atoms with Crippen molar-refractivity contribution in [2.45, 2.75) is 6.54 Å². The van der Waals surface area contributed by atoms with E-state index in [4.69, 9.17) is 5.73 Å². The summed E-state index contributed by atoms with van der Waals surface area (Å²) in [4.78, 5) is 14.4. The van der Waals surface area contributed by atoms with Crippen LogP contribution in [0.4, 0.5) is 0 Å². The summed E-state index contributed by atoms with van der Waals surface area (Å²) in [5.41, 5.74) is 5.97. The highest BCUT2D eigenvalue weighted by Crippen LogP contribution is 2.08. The molecule has 1 rings (SSSR count). The van der Waals surface area contributed by atoms with Crippen LogP contribution in [0.1, 0.15) is 5.56 Å². The molecule has 0 spiro atoms. The van der Waals surface area contributed by atoms with Crippen molar-refractivity contribution >= 4 is 21.8 Å². The van der Waals surface area contributed by atoms with Gasteiger partial charge in [0.15, 0.2) is 0 Å². The SMILES string of the molecule is NC(=O)CNCc1cncc(Br)c1. The largest absolute Gasteiger partial charge is 0.369 e. The van der Waals surface area contributed by atoms with Crippen molar-refractivity contribution in [2.24, 2.45) is 5.73 Å². The predicted molar refractivity (Wildman–Crippen MR) is 52.8 cm³/mol. The number of hydrogen-bond acceptors (Lipinski definition) is 3. The van der Waals surface area contributed by atoms with Gasteiger partial charge in [-0.15, -0.1) is 0 Å². The number of hydrogen-bond donors (Lipinski definition) is 2. The first kappa shape index (κ1) is 10.1. The Morgan fingerprint density at radius 1 is 1.62 bits per heavy atom. The van der Waals surface area contributed by atoms with E-state index >= 15 is 0 Å². The Morgan fingerprint density at radius 3 is 3.00 bits per heavy atom. The second kappa shape index (κ2) is 4.94. The number of carbonyl (C=O) groups excluding carboxylic acids is 1. The summed E-state index contributed by atoms with van der Waals surface area (Å²) in [5, 5.41) is 2.89. The van der Waals surface area contributed by atoms with Crippen LogP contribution in [0.15, 0.2) is 22.9 Å². The summed E-state index contributed by atoms with van der Waals surface area (Å²) in [6.45, 7) is 0.780. The van der Waals surface area contributed by atoms with E-state index in [0.29, 0.717) is 6.54 Å².